The number of piperidine rings is 1. The minimum atomic E-state index is -0.324. The van der Waals surface area contributed by atoms with E-state index in [1.807, 2.05) is 18.2 Å². The van der Waals surface area contributed by atoms with Crippen LogP contribution >= 0.6 is 0 Å². The third-order valence-corrected chi connectivity index (χ3v) is 4.33. The van der Waals surface area contributed by atoms with Crippen molar-refractivity contribution >= 4 is 11.0 Å². The molecule has 1 aromatic heterocycles. The molecule has 3 atom stereocenters. The van der Waals surface area contributed by atoms with Gasteiger partial charge in [0.05, 0.1) is 0 Å². The second-order valence-corrected chi connectivity index (χ2v) is 5.80. The van der Waals surface area contributed by atoms with Crippen LogP contribution in [0.5, 0.6) is 5.75 Å². The van der Waals surface area contributed by atoms with Gasteiger partial charge in [0.1, 0.15) is 17.4 Å². The third-order valence-electron chi connectivity index (χ3n) is 4.33. The van der Waals surface area contributed by atoms with Gasteiger partial charge < -0.3 is 14.5 Å². The average Bonchev–Trinajstić information content (AvgIpc) is 2.77. The SMILES string of the molecule is O=c1ccc2ccc(OC3C[C@H]4CC[C@@H](C3)N4)cc2o1. The summed E-state index contributed by atoms with van der Waals surface area (Å²) in [6.07, 6.45) is 4.91. The van der Waals surface area contributed by atoms with Gasteiger partial charge in [-0.05, 0) is 43.9 Å². The van der Waals surface area contributed by atoms with E-state index in [0.717, 1.165) is 24.0 Å². The fourth-order valence-electron chi connectivity index (χ4n) is 3.41. The molecule has 0 spiro atoms. The van der Waals surface area contributed by atoms with E-state index in [0.29, 0.717) is 17.7 Å². The van der Waals surface area contributed by atoms with Gasteiger partial charge in [-0.15, -0.1) is 0 Å². The van der Waals surface area contributed by atoms with E-state index in [-0.39, 0.29) is 11.7 Å². The molecule has 2 aliphatic rings. The number of ether oxygens (including phenoxy) is 1. The number of hydrogen-bond donors (Lipinski definition) is 1. The maximum Gasteiger partial charge on any atom is 0.336 e. The van der Waals surface area contributed by atoms with E-state index in [9.17, 15) is 4.79 Å². The van der Waals surface area contributed by atoms with Gasteiger partial charge in [0, 0.05) is 29.6 Å². The lowest BCUT2D eigenvalue weighted by atomic mass is 10.0. The molecular weight excluding hydrogens is 254 g/mol. The number of nitrogens with one attached hydrogen (secondary N) is 1. The largest absolute Gasteiger partial charge is 0.490 e. The second-order valence-electron chi connectivity index (χ2n) is 5.80. The molecule has 104 valence electrons. The summed E-state index contributed by atoms with van der Waals surface area (Å²) in [6.45, 7) is 0. The zero-order valence-corrected chi connectivity index (χ0v) is 11.2. The van der Waals surface area contributed by atoms with Crippen LogP contribution in [0.3, 0.4) is 0 Å². The van der Waals surface area contributed by atoms with Crippen molar-refractivity contribution in [2.24, 2.45) is 0 Å². The first-order valence-electron chi connectivity index (χ1n) is 7.23. The summed E-state index contributed by atoms with van der Waals surface area (Å²) in [5.74, 6) is 0.790. The first-order valence-corrected chi connectivity index (χ1v) is 7.23. The normalized spacial score (nSPS) is 28.7. The monoisotopic (exact) mass is 271 g/mol. The van der Waals surface area contributed by atoms with Gasteiger partial charge in [-0.3, -0.25) is 0 Å². The Morgan fingerprint density at radius 3 is 2.65 bits per heavy atom. The molecule has 2 aliphatic heterocycles. The number of rotatable bonds is 2. The number of benzene rings is 1. The highest BCUT2D eigenvalue weighted by Gasteiger charge is 2.34. The molecule has 0 saturated carbocycles. The van der Waals surface area contributed by atoms with Gasteiger partial charge in [0.15, 0.2) is 0 Å². The summed E-state index contributed by atoms with van der Waals surface area (Å²) in [5.41, 5.74) is 0.265. The van der Waals surface area contributed by atoms with Gasteiger partial charge in [0.2, 0.25) is 0 Å². The lowest BCUT2D eigenvalue weighted by Crippen LogP contribution is -2.42. The van der Waals surface area contributed by atoms with Crippen LogP contribution < -0.4 is 15.7 Å². The first-order chi connectivity index (χ1) is 9.76. The summed E-state index contributed by atoms with van der Waals surface area (Å²) < 4.78 is 11.3. The van der Waals surface area contributed by atoms with Gasteiger partial charge in [-0.25, -0.2) is 4.79 Å². The van der Waals surface area contributed by atoms with Crippen LogP contribution in [0, 0.1) is 0 Å². The number of hydrogen-bond acceptors (Lipinski definition) is 4. The van der Waals surface area contributed by atoms with Crippen molar-refractivity contribution in [1.82, 2.24) is 5.32 Å². The Hall–Kier alpha value is -1.81. The molecule has 4 heteroatoms. The molecular formula is C16H17NO3. The Bertz CT molecular complexity index is 681. The summed E-state index contributed by atoms with van der Waals surface area (Å²) in [5, 5.41) is 4.52. The van der Waals surface area contributed by atoms with E-state index in [4.69, 9.17) is 9.15 Å². The first kappa shape index (κ1) is 12.0. The molecule has 1 N–H and O–H groups in total. The van der Waals surface area contributed by atoms with E-state index in [1.54, 1.807) is 6.07 Å². The van der Waals surface area contributed by atoms with E-state index < -0.39 is 0 Å². The fraction of sp³-hybridized carbons (Fsp3) is 0.438. The highest BCUT2D eigenvalue weighted by molar-refractivity contribution is 5.77. The Labute approximate surface area is 116 Å². The molecule has 1 aromatic carbocycles. The fourth-order valence-corrected chi connectivity index (χ4v) is 3.41. The molecule has 2 saturated heterocycles. The molecule has 4 rings (SSSR count). The minimum absolute atomic E-state index is 0.265. The predicted molar refractivity (Wildman–Crippen MR) is 76.1 cm³/mol. The molecule has 4 nitrogen and oxygen atoms in total. The zero-order chi connectivity index (χ0) is 13.5. The summed E-state index contributed by atoms with van der Waals surface area (Å²) in [7, 11) is 0. The minimum Gasteiger partial charge on any atom is -0.490 e. The lowest BCUT2D eigenvalue weighted by molar-refractivity contribution is 0.137. The maximum absolute atomic E-state index is 11.3. The van der Waals surface area contributed by atoms with Crippen molar-refractivity contribution in [1.29, 1.82) is 0 Å². The quantitative estimate of drug-likeness (QED) is 0.852. The van der Waals surface area contributed by atoms with E-state index >= 15 is 0 Å². The lowest BCUT2D eigenvalue weighted by Gasteiger charge is -2.29. The molecule has 2 aromatic rings. The van der Waals surface area contributed by atoms with Gasteiger partial charge in [0.25, 0.3) is 0 Å². The molecule has 0 radical (unpaired) electrons. The topological polar surface area (TPSA) is 51.5 Å². The summed E-state index contributed by atoms with van der Waals surface area (Å²) >= 11 is 0. The van der Waals surface area contributed by atoms with Gasteiger partial charge in [-0.1, -0.05) is 0 Å². The molecule has 2 fully saturated rings. The van der Waals surface area contributed by atoms with Crippen LogP contribution in [0.25, 0.3) is 11.0 Å². The Morgan fingerprint density at radius 2 is 1.85 bits per heavy atom. The molecule has 2 bridgehead atoms. The van der Waals surface area contributed by atoms with Crippen LogP contribution in [0.2, 0.25) is 0 Å². The summed E-state index contributed by atoms with van der Waals surface area (Å²) in [6, 6.07) is 10.1. The predicted octanol–water partition coefficient (Wildman–Crippen LogP) is 2.45. The molecule has 3 heterocycles. The molecule has 20 heavy (non-hydrogen) atoms. The smallest absolute Gasteiger partial charge is 0.336 e. The van der Waals surface area contributed by atoms with Crippen molar-refractivity contribution in [2.75, 3.05) is 0 Å². The highest BCUT2D eigenvalue weighted by Crippen LogP contribution is 2.30. The Balaban J connectivity index is 1.57. The van der Waals surface area contributed by atoms with Crippen LogP contribution in [0.1, 0.15) is 25.7 Å². The van der Waals surface area contributed by atoms with Crippen LogP contribution in [0.4, 0.5) is 0 Å². The van der Waals surface area contributed by atoms with Crippen molar-refractivity contribution in [3.05, 3.63) is 40.8 Å². The molecule has 0 amide bonds. The molecule has 1 unspecified atom stereocenters. The Morgan fingerprint density at radius 1 is 1.10 bits per heavy atom. The Kier molecular flexibility index (Phi) is 2.77. The molecule has 0 aliphatic carbocycles. The number of fused-ring (bicyclic) bond motifs is 3. The van der Waals surface area contributed by atoms with Crippen LogP contribution in [0.15, 0.2) is 39.5 Å². The van der Waals surface area contributed by atoms with Crippen molar-refractivity contribution in [2.45, 2.75) is 43.9 Å². The second kappa shape index (κ2) is 4.63. The van der Waals surface area contributed by atoms with Crippen molar-refractivity contribution in [3.63, 3.8) is 0 Å². The third kappa shape index (κ3) is 2.20. The van der Waals surface area contributed by atoms with Gasteiger partial charge >= 0.3 is 5.63 Å². The maximum atomic E-state index is 11.3. The average molecular weight is 271 g/mol. The van der Waals surface area contributed by atoms with E-state index in [1.165, 1.54) is 18.9 Å². The van der Waals surface area contributed by atoms with Crippen LogP contribution in [-0.2, 0) is 0 Å². The van der Waals surface area contributed by atoms with Crippen LogP contribution in [-0.4, -0.2) is 18.2 Å². The van der Waals surface area contributed by atoms with Crippen molar-refractivity contribution < 1.29 is 9.15 Å². The standard InChI is InChI=1S/C16H17NO3/c18-16-6-2-10-1-5-13(9-15(10)20-16)19-14-7-11-3-4-12(8-14)17-11/h1-2,5-6,9,11-12,14,17H,3-4,7-8H2/t11-,12+,14?. The zero-order valence-electron chi connectivity index (χ0n) is 11.2. The highest BCUT2D eigenvalue weighted by atomic mass is 16.5. The van der Waals surface area contributed by atoms with Crippen molar-refractivity contribution in [3.8, 4) is 5.75 Å². The summed E-state index contributed by atoms with van der Waals surface area (Å²) in [4.78, 5) is 11.3. The van der Waals surface area contributed by atoms with E-state index in [2.05, 4.69) is 5.32 Å². The van der Waals surface area contributed by atoms with Gasteiger partial charge in [-0.2, -0.15) is 0 Å².